The minimum absolute atomic E-state index is 0.0770. The lowest BCUT2D eigenvalue weighted by atomic mass is 10.1. The Morgan fingerprint density at radius 2 is 1.55 bits per heavy atom. The number of amides is 1. The van der Waals surface area contributed by atoms with Crippen molar-refractivity contribution in [2.75, 3.05) is 37.2 Å². The van der Waals surface area contributed by atoms with E-state index >= 15 is 0 Å². The van der Waals surface area contributed by atoms with Gasteiger partial charge in [-0.2, -0.15) is 23.5 Å². The third-order valence-electron chi connectivity index (χ3n) is 4.94. The van der Waals surface area contributed by atoms with Crippen molar-refractivity contribution < 1.29 is 38.4 Å². The Hall–Kier alpha value is -1.36. The Morgan fingerprint density at radius 3 is 2.08 bits per heavy atom. The molecule has 1 amide bonds. The van der Waals surface area contributed by atoms with Crippen LogP contribution in [0.5, 0.6) is 0 Å². The average molecular weight is 601 g/mol. The van der Waals surface area contributed by atoms with Gasteiger partial charge < -0.3 is 36.9 Å². The number of carboxylic acids is 1. The Balaban J connectivity index is 0. The van der Waals surface area contributed by atoms with E-state index < -0.39 is 57.4 Å². The molecule has 0 heterocycles. The third-order valence-corrected chi connectivity index (χ3v) is 7.49. The van der Waals surface area contributed by atoms with E-state index in [1.807, 2.05) is 19.4 Å². The molecule has 0 saturated heterocycles. The zero-order chi connectivity index (χ0) is 29.5. The maximum Gasteiger partial charge on any atom is 0.359 e. The SMILES string of the molecule is CCCCOC(=O)C(N)CCCCC(=O)[S+]([O-])C(=O)[C@H](CCSC)NC(=O)[C@@H](N)CCSC.NCC(=O)O. The molecule has 0 fully saturated rings. The number of nitrogens with one attached hydrogen (secondary N) is 1. The lowest BCUT2D eigenvalue weighted by Crippen LogP contribution is -2.51. The highest BCUT2D eigenvalue weighted by Crippen LogP contribution is 2.12. The first-order valence-electron chi connectivity index (χ1n) is 12.3. The van der Waals surface area contributed by atoms with Crippen LogP contribution in [0.2, 0.25) is 0 Å². The minimum atomic E-state index is -2.38. The van der Waals surface area contributed by atoms with Crippen LogP contribution in [0.25, 0.3) is 0 Å². The van der Waals surface area contributed by atoms with E-state index in [0.717, 1.165) is 12.8 Å². The van der Waals surface area contributed by atoms with Crippen molar-refractivity contribution >= 4 is 62.8 Å². The number of aliphatic carboxylic acids is 1. The van der Waals surface area contributed by atoms with Gasteiger partial charge in [0.05, 0.1) is 25.6 Å². The Bertz CT molecular complexity index is 718. The molecule has 0 aliphatic rings. The average Bonchev–Trinajstić information content (AvgIpc) is 2.90. The first kappa shape index (κ1) is 38.8. The number of hydrogen-bond acceptors (Lipinski definition) is 12. The second-order valence-electron chi connectivity index (χ2n) is 8.16. The van der Waals surface area contributed by atoms with E-state index in [9.17, 15) is 28.5 Å². The molecule has 0 aromatic rings. The smallest absolute Gasteiger partial charge is 0.359 e. The molecule has 0 radical (unpaired) electrons. The number of esters is 1. The minimum Gasteiger partial charge on any atom is -0.602 e. The Labute approximate surface area is 236 Å². The van der Waals surface area contributed by atoms with Gasteiger partial charge in [-0.25, -0.2) is 9.59 Å². The standard InChI is InChI=1S/C21H39N3O6S3.C2H5NO2/c1-4-5-12-30-20(27)16(23)8-6-7-9-18(25)33(29)21(28)17(11-14-32-3)24-19(26)15(22)10-13-31-2;3-1-2(4)5/h15-17H,4-14,22-23H2,1-3H3,(H,24,26);1,3H2,(H,4,5)/t15-,16?,17-,33?;/m0./s1. The summed E-state index contributed by atoms with van der Waals surface area (Å²) in [4.78, 5) is 58.2. The summed E-state index contributed by atoms with van der Waals surface area (Å²) in [6, 6.07) is -2.57. The molecule has 0 aromatic heterocycles. The predicted molar refractivity (Wildman–Crippen MR) is 153 cm³/mol. The van der Waals surface area contributed by atoms with Crippen LogP contribution in [0, 0.1) is 0 Å². The highest BCUT2D eigenvalue weighted by Gasteiger charge is 2.36. The van der Waals surface area contributed by atoms with E-state index in [4.69, 9.17) is 21.3 Å². The van der Waals surface area contributed by atoms with Gasteiger partial charge in [-0.05, 0) is 56.1 Å². The molecule has 0 rings (SSSR count). The summed E-state index contributed by atoms with van der Waals surface area (Å²) < 4.78 is 17.5. The normalized spacial score (nSPS) is 13.8. The first-order chi connectivity index (χ1) is 18.0. The van der Waals surface area contributed by atoms with Crippen LogP contribution in [0.1, 0.15) is 58.3 Å². The highest BCUT2D eigenvalue weighted by molar-refractivity contribution is 8.18. The van der Waals surface area contributed by atoms with Crippen LogP contribution in [0.15, 0.2) is 0 Å². The van der Waals surface area contributed by atoms with Crippen molar-refractivity contribution in [3.63, 3.8) is 0 Å². The van der Waals surface area contributed by atoms with Gasteiger partial charge in [-0.1, -0.05) is 19.8 Å². The van der Waals surface area contributed by atoms with Gasteiger partial charge in [0.25, 0.3) is 0 Å². The zero-order valence-electron chi connectivity index (χ0n) is 22.5. The van der Waals surface area contributed by atoms with Crippen molar-refractivity contribution in [2.24, 2.45) is 17.2 Å². The van der Waals surface area contributed by atoms with Crippen molar-refractivity contribution in [1.82, 2.24) is 5.32 Å². The first-order valence-corrected chi connectivity index (χ1v) is 16.3. The molecule has 8 N–H and O–H groups in total. The fourth-order valence-corrected chi connectivity index (χ4v) is 4.60. The van der Waals surface area contributed by atoms with E-state index in [-0.39, 0.29) is 19.4 Å². The summed E-state index contributed by atoms with van der Waals surface area (Å²) in [6.45, 7) is 2.04. The zero-order valence-corrected chi connectivity index (χ0v) is 24.9. The second kappa shape index (κ2) is 24.7. The predicted octanol–water partition coefficient (Wildman–Crippen LogP) is 0.367. The van der Waals surface area contributed by atoms with Crippen LogP contribution in [-0.2, 0) is 39.9 Å². The molecule has 222 valence electrons. The van der Waals surface area contributed by atoms with Gasteiger partial charge in [-0.3, -0.25) is 14.4 Å². The topological polar surface area (TPSA) is 228 Å². The van der Waals surface area contributed by atoms with Crippen LogP contribution >= 0.6 is 23.5 Å². The number of ether oxygens (including phenoxy) is 1. The largest absolute Gasteiger partial charge is 0.602 e. The Kier molecular flexibility index (Phi) is 25.2. The molecular formula is C23H44N4O8S3. The fourth-order valence-electron chi connectivity index (χ4n) is 2.65. The molecule has 0 aromatic carbocycles. The van der Waals surface area contributed by atoms with Crippen molar-refractivity contribution in [3.05, 3.63) is 0 Å². The molecule has 15 heteroatoms. The van der Waals surface area contributed by atoms with Gasteiger partial charge in [0, 0.05) is 0 Å². The maximum absolute atomic E-state index is 12.6. The third kappa shape index (κ3) is 19.7. The van der Waals surface area contributed by atoms with Gasteiger partial charge >= 0.3 is 22.2 Å². The molecule has 2 unspecified atom stereocenters. The maximum atomic E-state index is 12.6. The molecule has 4 atom stereocenters. The van der Waals surface area contributed by atoms with E-state index in [2.05, 4.69) is 11.1 Å². The summed E-state index contributed by atoms with van der Waals surface area (Å²) in [7, 11) is 0. The quantitative estimate of drug-likeness (QED) is 0.0767. The lowest BCUT2D eigenvalue weighted by molar-refractivity contribution is -0.145. The van der Waals surface area contributed by atoms with E-state index in [0.29, 0.717) is 43.8 Å². The fraction of sp³-hybridized carbons (Fsp3) is 0.783. The van der Waals surface area contributed by atoms with E-state index in [1.54, 1.807) is 11.8 Å². The monoisotopic (exact) mass is 600 g/mol. The summed E-state index contributed by atoms with van der Waals surface area (Å²) >= 11 is 0.652. The van der Waals surface area contributed by atoms with Gasteiger partial charge in [0.15, 0.2) is 0 Å². The number of unbranched alkanes of at least 4 members (excludes halogenated alkanes) is 2. The van der Waals surface area contributed by atoms with Crippen LogP contribution in [-0.4, -0.2) is 93.0 Å². The van der Waals surface area contributed by atoms with Crippen molar-refractivity contribution in [1.29, 1.82) is 0 Å². The van der Waals surface area contributed by atoms with Gasteiger partial charge in [-0.15, -0.1) is 0 Å². The highest BCUT2D eigenvalue weighted by atomic mass is 32.2. The van der Waals surface area contributed by atoms with Crippen LogP contribution in [0.3, 0.4) is 0 Å². The molecule has 0 spiro atoms. The lowest BCUT2D eigenvalue weighted by Gasteiger charge is -2.19. The summed E-state index contributed by atoms with van der Waals surface area (Å²) in [6.07, 6.45) is 7.19. The van der Waals surface area contributed by atoms with Crippen LogP contribution < -0.4 is 22.5 Å². The molecular weight excluding hydrogens is 556 g/mol. The number of thioether (sulfide) groups is 2. The molecule has 0 aliphatic carbocycles. The molecule has 38 heavy (non-hydrogen) atoms. The molecule has 0 aliphatic heterocycles. The number of carbonyl (C=O) groups is 5. The molecule has 12 nitrogen and oxygen atoms in total. The van der Waals surface area contributed by atoms with Crippen molar-refractivity contribution in [3.8, 4) is 0 Å². The summed E-state index contributed by atoms with van der Waals surface area (Å²) in [5.74, 6) is -0.689. The molecule has 0 saturated carbocycles. The number of hydrogen-bond donors (Lipinski definition) is 5. The number of carboxylic acid groups (broad SMARTS) is 1. The Morgan fingerprint density at radius 1 is 0.974 bits per heavy atom. The van der Waals surface area contributed by atoms with Crippen LogP contribution in [0.4, 0.5) is 0 Å². The van der Waals surface area contributed by atoms with Crippen molar-refractivity contribution in [2.45, 2.75) is 76.4 Å². The number of carbonyl (C=O) groups excluding carboxylic acids is 4. The molecule has 0 bridgehead atoms. The summed E-state index contributed by atoms with van der Waals surface area (Å²) in [5, 5.41) is 8.65. The number of nitrogens with two attached hydrogens (primary N) is 3. The van der Waals surface area contributed by atoms with Gasteiger partial charge in [0.2, 0.25) is 5.91 Å². The van der Waals surface area contributed by atoms with Gasteiger partial charge in [0.1, 0.15) is 23.3 Å². The number of rotatable bonds is 19. The van der Waals surface area contributed by atoms with E-state index in [1.165, 1.54) is 11.8 Å². The summed E-state index contributed by atoms with van der Waals surface area (Å²) in [5.41, 5.74) is 16.2. The second-order valence-corrected chi connectivity index (χ2v) is 11.5.